The van der Waals surface area contributed by atoms with Crippen LogP contribution in [0.15, 0.2) is 52.0 Å². The lowest BCUT2D eigenvalue weighted by molar-refractivity contribution is -0.116. The van der Waals surface area contributed by atoms with Crippen molar-refractivity contribution in [2.24, 2.45) is 0 Å². The highest BCUT2D eigenvalue weighted by atomic mass is 79.9. The molecule has 2 N–H and O–H groups in total. The molecule has 0 saturated carbocycles. The molecule has 0 spiro atoms. The van der Waals surface area contributed by atoms with Gasteiger partial charge < -0.3 is 10.6 Å². The van der Waals surface area contributed by atoms with Gasteiger partial charge >= 0.3 is 0 Å². The van der Waals surface area contributed by atoms with E-state index < -0.39 is 5.91 Å². The number of hydrogen-bond acceptors (Lipinski definition) is 4. The van der Waals surface area contributed by atoms with Gasteiger partial charge in [-0.3, -0.25) is 19.0 Å². The molecule has 0 atom stereocenters. The second kappa shape index (κ2) is 9.19. The Morgan fingerprint density at radius 2 is 2.00 bits per heavy atom. The summed E-state index contributed by atoms with van der Waals surface area (Å²) in [7, 11) is 0. The van der Waals surface area contributed by atoms with Crippen molar-refractivity contribution in [1.29, 1.82) is 0 Å². The molecule has 0 bridgehead atoms. The fraction of sp³-hybridized carbons (Fsp3) is 0.200. The number of halogens is 2. The minimum absolute atomic E-state index is 0.204. The zero-order chi connectivity index (χ0) is 21.0. The maximum Gasteiger partial charge on any atom is 0.261 e. The number of hydrogen-bond donors (Lipinski definition) is 2. The Morgan fingerprint density at radius 1 is 1.21 bits per heavy atom. The molecule has 0 saturated heterocycles. The average Bonchev–Trinajstić information content (AvgIpc) is 2.68. The average molecular weight is 478 g/mol. The van der Waals surface area contributed by atoms with Crippen LogP contribution < -0.4 is 16.2 Å². The van der Waals surface area contributed by atoms with Crippen LogP contribution in [0.1, 0.15) is 23.7 Å². The molecule has 0 aliphatic rings. The van der Waals surface area contributed by atoms with Crippen LogP contribution in [0.5, 0.6) is 0 Å². The van der Waals surface area contributed by atoms with E-state index in [4.69, 9.17) is 11.6 Å². The van der Waals surface area contributed by atoms with Crippen molar-refractivity contribution in [1.82, 2.24) is 14.9 Å². The highest BCUT2D eigenvalue weighted by Gasteiger charge is 2.13. The largest absolute Gasteiger partial charge is 0.352 e. The molecule has 1 aromatic heterocycles. The standard InChI is InChI=1S/C20H18BrClN4O3/c1-2-7-23-19(28)14-5-4-13(9-16(14)22)25-18(27)10-26-11-24-17-6-3-12(21)8-15(17)20(26)29/h3-6,8-9,11H,2,7,10H2,1H3,(H,23,28)(H,25,27). The Bertz CT molecular complexity index is 1150. The van der Waals surface area contributed by atoms with Crippen LogP contribution in [0, 0.1) is 0 Å². The molecule has 0 radical (unpaired) electrons. The predicted molar refractivity (Wildman–Crippen MR) is 116 cm³/mol. The number of nitrogens with zero attached hydrogens (tertiary/aromatic N) is 2. The van der Waals surface area contributed by atoms with Crippen molar-refractivity contribution >= 4 is 55.9 Å². The number of anilines is 1. The number of benzene rings is 2. The number of nitrogens with one attached hydrogen (secondary N) is 2. The Kier molecular flexibility index (Phi) is 6.66. The van der Waals surface area contributed by atoms with Gasteiger partial charge in [0.15, 0.2) is 0 Å². The first-order chi connectivity index (χ1) is 13.9. The Hall–Kier alpha value is -2.71. The summed E-state index contributed by atoms with van der Waals surface area (Å²) in [6, 6.07) is 9.82. The van der Waals surface area contributed by atoms with Crippen LogP contribution in [0.3, 0.4) is 0 Å². The molecule has 9 heteroatoms. The second-order valence-electron chi connectivity index (χ2n) is 6.34. The Balaban J connectivity index is 1.73. The smallest absolute Gasteiger partial charge is 0.261 e. The van der Waals surface area contributed by atoms with Crippen molar-refractivity contribution < 1.29 is 9.59 Å². The quantitative estimate of drug-likeness (QED) is 0.567. The minimum atomic E-state index is -0.414. The SMILES string of the molecule is CCCNC(=O)c1ccc(NC(=O)Cn2cnc3ccc(Br)cc3c2=O)cc1Cl. The van der Waals surface area contributed by atoms with Crippen LogP contribution in [-0.4, -0.2) is 27.9 Å². The molecule has 2 aromatic carbocycles. The summed E-state index contributed by atoms with van der Waals surface area (Å²) in [5.41, 5.74) is 1.00. The number of carbonyl (C=O) groups excluding carboxylic acids is 2. The van der Waals surface area contributed by atoms with Gasteiger partial charge in [-0.25, -0.2) is 4.98 Å². The minimum Gasteiger partial charge on any atom is -0.352 e. The van der Waals surface area contributed by atoms with Gasteiger partial charge in [0.1, 0.15) is 6.54 Å². The fourth-order valence-corrected chi connectivity index (χ4v) is 3.34. The lowest BCUT2D eigenvalue weighted by Gasteiger charge is -2.10. The summed E-state index contributed by atoms with van der Waals surface area (Å²) in [5.74, 6) is -0.683. The van der Waals surface area contributed by atoms with Gasteiger partial charge in [0, 0.05) is 16.7 Å². The van der Waals surface area contributed by atoms with E-state index in [-0.39, 0.29) is 23.0 Å². The van der Waals surface area contributed by atoms with Gasteiger partial charge in [-0.1, -0.05) is 34.5 Å². The highest BCUT2D eigenvalue weighted by molar-refractivity contribution is 9.10. The molecule has 150 valence electrons. The van der Waals surface area contributed by atoms with E-state index in [1.165, 1.54) is 17.0 Å². The van der Waals surface area contributed by atoms with Crippen LogP contribution in [0.25, 0.3) is 10.9 Å². The third kappa shape index (κ3) is 5.02. The van der Waals surface area contributed by atoms with Crippen LogP contribution in [-0.2, 0) is 11.3 Å². The number of fused-ring (bicyclic) bond motifs is 1. The van der Waals surface area contributed by atoms with Crippen molar-refractivity contribution in [2.45, 2.75) is 19.9 Å². The van der Waals surface area contributed by atoms with Crippen molar-refractivity contribution in [2.75, 3.05) is 11.9 Å². The fourth-order valence-electron chi connectivity index (χ4n) is 2.71. The normalized spacial score (nSPS) is 10.7. The molecule has 3 rings (SSSR count). The van der Waals surface area contributed by atoms with Crippen LogP contribution in [0.4, 0.5) is 5.69 Å². The molecule has 0 fully saturated rings. The predicted octanol–water partition coefficient (Wildman–Crippen LogP) is 3.59. The van der Waals surface area contributed by atoms with E-state index >= 15 is 0 Å². The Labute approximate surface area is 180 Å². The van der Waals surface area contributed by atoms with Crippen LogP contribution in [0.2, 0.25) is 5.02 Å². The van der Waals surface area contributed by atoms with Gasteiger partial charge in [-0.15, -0.1) is 0 Å². The molecule has 1 heterocycles. The molecule has 3 aromatic rings. The van der Waals surface area contributed by atoms with Gasteiger partial charge in [-0.05, 0) is 42.8 Å². The molecule has 29 heavy (non-hydrogen) atoms. The van der Waals surface area contributed by atoms with Gasteiger partial charge in [-0.2, -0.15) is 0 Å². The summed E-state index contributed by atoms with van der Waals surface area (Å²) in [6.45, 7) is 2.30. The maximum absolute atomic E-state index is 12.6. The van der Waals surface area contributed by atoms with Crippen LogP contribution >= 0.6 is 27.5 Å². The lowest BCUT2D eigenvalue weighted by atomic mass is 10.2. The summed E-state index contributed by atoms with van der Waals surface area (Å²) in [6.07, 6.45) is 2.16. The second-order valence-corrected chi connectivity index (χ2v) is 7.66. The third-order valence-electron chi connectivity index (χ3n) is 4.13. The van der Waals surface area contributed by atoms with Gasteiger partial charge in [0.25, 0.3) is 11.5 Å². The lowest BCUT2D eigenvalue weighted by Crippen LogP contribution is -2.28. The topological polar surface area (TPSA) is 93.1 Å². The van der Waals surface area contributed by atoms with E-state index in [0.29, 0.717) is 28.7 Å². The molecule has 0 aliphatic carbocycles. The number of aromatic nitrogens is 2. The molecule has 0 aliphatic heterocycles. The molecule has 0 unspecified atom stereocenters. The van der Waals surface area contributed by atoms with E-state index in [1.807, 2.05) is 6.92 Å². The Morgan fingerprint density at radius 3 is 2.72 bits per heavy atom. The zero-order valence-electron chi connectivity index (χ0n) is 15.5. The summed E-state index contributed by atoms with van der Waals surface area (Å²) in [5, 5.41) is 6.07. The van der Waals surface area contributed by atoms with E-state index in [9.17, 15) is 14.4 Å². The molecule has 2 amide bonds. The van der Waals surface area contributed by atoms with E-state index in [0.717, 1.165) is 10.9 Å². The molecular formula is C20H18BrClN4O3. The van der Waals surface area contributed by atoms with E-state index in [2.05, 4.69) is 31.5 Å². The van der Waals surface area contributed by atoms with Crippen molar-refractivity contribution in [3.63, 3.8) is 0 Å². The molecular weight excluding hydrogens is 460 g/mol. The molecule has 7 nitrogen and oxygen atoms in total. The van der Waals surface area contributed by atoms with E-state index in [1.54, 1.807) is 30.3 Å². The number of rotatable bonds is 6. The summed E-state index contributed by atoms with van der Waals surface area (Å²) < 4.78 is 1.99. The number of amides is 2. The summed E-state index contributed by atoms with van der Waals surface area (Å²) in [4.78, 5) is 41.2. The zero-order valence-corrected chi connectivity index (χ0v) is 17.9. The first kappa shape index (κ1) is 21.0. The summed E-state index contributed by atoms with van der Waals surface area (Å²) >= 11 is 9.50. The first-order valence-corrected chi connectivity index (χ1v) is 10.1. The first-order valence-electron chi connectivity index (χ1n) is 8.91. The number of carbonyl (C=O) groups is 2. The monoisotopic (exact) mass is 476 g/mol. The highest BCUT2D eigenvalue weighted by Crippen LogP contribution is 2.21. The third-order valence-corrected chi connectivity index (χ3v) is 4.94. The van der Waals surface area contributed by atoms with Gasteiger partial charge in [0.2, 0.25) is 5.91 Å². The van der Waals surface area contributed by atoms with Gasteiger partial charge in [0.05, 0.1) is 27.8 Å². The van der Waals surface area contributed by atoms with Crippen molar-refractivity contribution in [3.05, 3.63) is 68.1 Å². The van der Waals surface area contributed by atoms with Crippen molar-refractivity contribution in [3.8, 4) is 0 Å². The maximum atomic E-state index is 12.6.